The molecule has 0 bridgehead atoms. The van der Waals surface area contributed by atoms with E-state index in [2.05, 4.69) is 36.5 Å². The molecule has 1 saturated carbocycles. The molecule has 0 unspecified atom stereocenters. The SMILES string of the molecule is CCC(=C(c1ccc(OCCNC2CCCCC2)cc1)c1ccc(OCOC(=O)C(C)(C)C)cc1)c1ccc2c(c1)OCO2. The lowest BCUT2D eigenvalue weighted by atomic mass is 9.88. The monoisotopic (exact) mass is 599 g/mol. The van der Waals surface area contributed by atoms with Gasteiger partial charge in [0, 0.05) is 12.6 Å². The molecular formula is C37H45NO6. The molecule has 1 aliphatic heterocycles. The third-order valence-electron chi connectivity index (χ3n) is 8.10. The molecule has 0 radical (unpaired) electrons. The van der Waals surface area contributed by atoms with Crippen LogP contribution in [0.15, 0.2) is 66.7 Å². The minimum atomic E-state index is -0.579. The quantitative estimate of drug-likeness (QED) is 0.0978. The summed E-state index contributed by atoms with van der Waals surface area (Å²) in [4.78, 5) is 12.1. The van der Waals surface area contributed by atoms with E-state index in [4.69, 9.17) is 23.7 Å². The van der Waals surface area contributed by atoms with Crippen molar-refractivity contribution in [1.82, 2.24) is 5.32 Å². The topological polar surface area (TPSA) is 75.2 Å². The summed E-state index contributed by atoms with van der Waals surface area (Å²) in [5, 5.41) is 3.64. The number of esters is 1. The Hall–Kier alpha value is -3.97. The Labute approximate surface area is 261 Å². The molecule has 1 N–H and O–H groups in total. The van der Waals surface area contributed by atoms with E-state index in [1.54, 1.807) is 0 Å². The van der Waals surface area contributed by atoms with Crippen molar-refractivity contribution < 1.29 is 28.5 Å². The highest BCUT2D eigenvalue weighted by molar-refractivity contribution is 5.99. The van der Waals surface area contributed by atoms with Crippen molar-refractivity contribution in [3.63, 3.8) is 0 Å². The van der Waals surface area contributed by atoms with Gasteiger partial charge in [0.1, 0.15) is 18.1 Å². The first-order chi connectivity index (χ1) is 21.3. The van der Waals surface area contributed by atoms with Gasteiger partial charge in [-0.1, -0.05) is 56.5 Å². The average molecular weight is 600 g/mol. The third-order valence-corrected chi connectivity index (χ3v) is 8.10. The van der Waals surface area contributed by atoms with Crippen molar-refractivity contribution in [3.8, 4) is 23.0 Å². The summed E-state index contributed by atoms with van der Waals surface area (Å²) >= 11 is 0. The first-order valence-corrected chi connectivity index (χ1v) is 15.8. The lowest BCUT2D eigenvalue weighted by molar-refractivity contribution is -0.159. The molecule has 234 valence electrons. The highest BCUT2D eigenvalue weighted by atomic mass is 16.7. The molecule has 0 atom stereocenters. The summed E-state index contributed by atoms with van der Waals surface area (Å²) in [6.07, 6.45) is 7.35. The van der Waals surface area contributed by atoms with Crippen molar-refractivity contribution in [2.24, 2.45) is 5.41 Å². The number of carbonyl (C=O) groups excluding carboxylic acids is 1. The molecule has 0 saturated heterocycles. The van der Waals surface area contributed by atoms with E-state index in [0.717, 1.165) is 52.5 Å². The van der Waals surface area contributed by atoms with Crippen LogP contribution in [0.4, 0.5) is 0 Å². The van der Waals surface area contributed by atoms with E-state index in [0.29, 0.717) is 18.4 Å². The number of carbonyl (C=O) groups is 1. The zero-order valence-corrected chi connectivity index (χ0v) is 26.4. The molecule has 1 heterocycles. The van der Waals surface area contributed by atoms with Gasteiger partial charge in [0.25, 0.3) is 0 Å². The zero-order valence-electron chi connectivity index (χ0n) is 26.4. The van der Waals surface area contributed by atoms with Gasteiger partial charge in [0.15, 0.2) is 11.5 Å². The first kappa shape index (κ1) is 31.5. The summed E-state index contributed by atoms with van der Waals surface area (Å²) < 4.78 is 28.3. The van der Waals surface area contributed by atoms with Crippen LogP contribution in [0.1, 0.15) is 82.9 Å². The van der Waals surface area contributed by atoms with E-state index in [9.17, 15) is 4.79 Å². The van der Waals surface area contributed by atoms with Crippen LogP contribution in [0.25, 0.3) is 11.1 Å². The molecule has 1 aliphatic carbocycles. The number of allylic oxidation sites excluding steroid dienone is 1. The molecule has 1 fully saturated rings. The van der Waals surface area contributed by atoms with Crippen molar-refractivity contribution in [2.75, 3.05) is 26.7 Å². The van der Waals surface area contributed by atoms with Gasteiger partial charge in [0.2, 0.25) is 13.6 Å². The lowest BCUT2D eigenvalue weighted by Gasteiger charge is -2.22. The fourth-order valence-corrected chi connectivity index (χ4v) is 5.67. The fraction of sp³-hybridized carbons (Fsp3) is 0.432. The molecule has 7 nitrogen and oxygen atoms in total. The fourth-order valence-electron chi connectivity index (χ4n) is 5.67. The summed E-state index contributed by atoms with van der Waals surface area (Å²) in [6.45, 7) is 9.21. The van der Waals surface area contributed by atoms with E-state index in [-0.39, 0.29) is 19.6 Å². The van der Waals surface area contributed by atoms with E-state index in [1.807, 2.05) is 63.2 Å². The number of rotatable bonds is 12. The summed E-state index contributed by atoms with van der Waals surface area (Å²) in [5.41, 5.74) is 4.92. The Kier molecular flexibility index (Phi) is 10.5. The molecule has 5 rings (SSSR count). The summed E-state index contributed by atoms with van der Waals surface area (Å²) in [7, 11) is 0. The summed E-state index contributed by atoms with van der Waals surface area (Å²) in [6, 6.07) is 23.0. The molecule has 7 heteroatoms. The maximum atomic E-state index is 12.1. The Balaban J connectivity index is 1.35. The normalized spacial score (nSPS) is 15.5. The minimum absolute atomic E-state index is 0.132. The van der Waals surface area contributed by atoms with Gasteiger partial charge in [-0.05, 0) is 104 Å². The van der Waals surface area contributed by atoms with Gasteiger partial charge in [-0.15, -0.1) is 0 Å². The second-order valence-electron chi connectivity index (χ2n) is 12.4. The van der Waals surface area contributed by atoms with Crippen LogP contribution in [0.3, 0.4) is 0 Å². The van der Waals surface area contributed by atoms with Gasteiger partial charge < -0.3 is 29.0 Å². The second-order valence-corrected chi connectivity index (χ2v) is 12.4. The van der Waals surface area contributed by atoms with E-state index in [1.165, 1.54) is 37.7 Å². The van der Waals surface area contributed by atoms with Crippen LogP contribution >= 0.6 is 0 Å². The van der Waals surface area contributed by atoms with Crippen molar-refractivity contribution in [3.05, 3.63) is 83.4 Å². The van der Waals surface area contributed by atoms with Gasteiger partial charge in [-0.25, -0.2) is 0 Å². The number of benzene rings is 3. The summed E-state index contributed by atoms with van der Waals surface area (Å²) in [5.74, 6) is 2.70. The van der Waals surface area contributed by atoms with Crippen molar-refractivity contribution in [2.45, 2.75) is 72.3 Å². The maximum Gasteiger partial charge on any atom is 0.314 e. The van der Waals surface area contributed by atoms with Gasteiger partial charge >= 0.3 is 5.97 Å². The molecule has 2 aliphatic rings. The van der Waals surface area contributed by atoms with Crippen LogP contribution in [-0.2, 0) is 9.53 Å². The van der Waals surface area contributed by atoms with E-state index >= 15 is 0 Å². The van der Waals surface area contributed by atoms with Gasteiger partial charge in [-0.2, -0.15) is 0 Å². The predicted octanol–water partition coefficient (Wildman–Crippen LogP) is 8.01. The Morgan fingerprint density at radius 1 is 0.818 bits per heavy atom. The second kappa shape index (κ2) is 14.7. The Bertz CT molecular complexity index is 1420. The van der Waals surface area contributed by atoms with Gasteiger partial charge in [-0.3, -0.25) is 4.79 Å². The Morgan fingerprint density at radius 3 is 2.07 bits per heavy atom. The first-order valence-electron chi connectivity index (χ1n) is 15.8. The third kappa shape index (κ3) is 8.14. The number of nitrogens with one attached hydrogen (secondary N) is 1. The molecule has 44 heavy (non-hydrogen) atoms. The number of ether oxygens (including phenoxy) is 5. The van der Waals surface area contributed by atoms with Crippen LogP contribution in [-0.4, -0.2) is 38.7 Å². The predicted molar refractivity (Wildman–Crippen MR) is 173 cm³/mol. The number of hydrogen-bond acceptors (Lipinski definition) is 7. The highest BCUT2D eigenvalue weighted by Crippen LogP contribution is 2.40. The van der Waals surface area contributed by atoms with Crippen LogP contribution in [0, 0.1) is 5.41 Å². The minimum Gasteiger partial charge on any atom is -0.492 e. The smallest absolute Gasteiger partial charge is 0.314 e. The molecule has 0 spiro atoms. The van der Waals surface area contributed by atoms with Crippen LogP contribution in [0.5, 0.6) is 23.0 Å². The van der Waals surface area contributed by atoms with E-state index < -0.39 is 5.41 Å². The lowest BCUT2D eigenvalue weighted by Crippen LogP contribution is -2.34. The zero-order chi connectivity index (χ0) is 30.9. The molecular weight excluding hydrogens is 554 g/mol. The average Bonchev–Trinajstić information content (AvgIpc) is 3.51. The van der Waals surface area contributed by atoms with Crippen molar-refractivity contribution in [1.29, 1.82) is 0 Å². The molecule has 0 amide bonds. The highest BCUT2D eigenvalue weighted by Gasteiger charge is 2.23. The molecule has 3 aromatic carbocycles. The number of fused-ring (bicyclic) bond motifs is 1. The molecule has 3 aromatic rings. The maximum absolute atomic E-state index is 12.1. The number of hydrogen-bond donors (Lipinski definition) is 1. The van der Waals surface area contributed by atoms with Crippen molar-refractivity contribution >= 4 is 17.1 Å². The van der Waals surface area contributed by atoms with Crippen LogP contribution in [0.2, 0.25) is 0 Å². The largest absolute Gasteiger partial charge is 0.492 e. The van der Waals surface area contributed by atoms with Gasteiger partial charge in [0.05, 0.1) is 5.41 Å². The Morgan fingerprint density at radius 2 is 1.43 bits per heavy atom. The molecule has 0 aromatic heterocycles. The van der Waals surface area contributed by atoms with Crippen LogP contribution < -0.4 is 24.3 Å². The standard InChI is InChI=1S/C37H45NO6/c1-5-32(28-15-20-33-34(23-28)43-25-42-33)35(27-13-18-31(19-14-27)41-24-44-36(39)37(2,3)4)26-11-16-30(17-12-26)40-22-21-38-29-9-7-6-8-10-29/h11-20,23,29,38H,5-10,21-22,24-25H2,1-4H3.